The van der Waals surface area contributed by atoms with Gasteiger partial charge in [0.25, 0.3) is 11.6 Å². The molecule has 1 aliphatic carbocycles. The fourth-order valence-electron chi connectivity index (χ4n) is 2.59. The molecule has 1 saturated carbocycles. The van der Waals surface area contributed by atoms with Crippen molar-refractivity contribution in [1.29, 1.82) is 0 Å². The molecule has 0 bridgehead atoms. The van der Waals surface area contributed by atoms with Crippen LogP contribution in [0.4, 0.5) is 10.1 Å². The van der Waals surface area contributed by atoms with Crippen molar-refractivity contribution in [1.82, 2.24) is 5.32 Å². The monoisotopic (exact) mass is 331 g/mol. The van der Waals surface area contributed by atoms with E-state index >= 15 is 0 Å². The van der Waals surface area contributed by atoms with Crippen molar-refractivity contribution < 1.29 is 14.1 Å². The summed E-state index contributed by atoms with van der Waals surface area (Å²) in [6, 6.07) is 2.97. The number of nitrogens with one attached hydrogen (secondary N) is 1. The lowest BCUT2D eigenvalue weighted by atomic mass is 9.82. The van der Waals surface area contributed by atoms with Crippen molar-refractivity contribution in [3.63, 3.8) is 0 Å². The van der Waals surface area contributed by atoms with Gasteiger partial charge in [0.15, 0.2) is 0 Å². The Hall–Kier alpha value is -1.73. The van der Waals surface area contributed by atoms with E-state index in [-0.39, 0.29) is 30.2 Å². The third-order valence-corrected chi connectivity index (χ3v) is 3.86. The van der Waals surface area contributed by atoms with Crippen LogP contribution in [-0.2, 0) is 0 Å². The second kappa shape index (κ2) is 7.51. The number of non-ortho nitro benzene ring substituents is 1. The number of carbonyl (C=O) groups excluding carboxylic acids is 1. The molecule has 0 atom stereocenters. The molecule has 1 amide bonds. The van der Waals surface area contributed by atoms with Crippen LogP contribution in [0.3, 0.4) is 0 Å². The standard InChI is InChI=1S/C14H18FN3O3.ClH/c15-12-8-10(18(20)21)4-5-11(12)13(19)17-9-14(16)6-2-1-3-7-14;/h4-5,8H,1-3,6-7,9,16H2,(H,17,19);1H. The first-order valence-electron chi connectivity index (χ1n) is 6.92. The molecule has 1 aromatic rings. The summed E-state index contributed by atoms with van der Waals surface area (Å²) in [5, 5.41) is 13.2. The Balaban J connectivity index is 0.00000242. The van der Waals surface area contributed by atoms with Crippen LogP contribution in [0.5, 0.6) is 0 Å². The normalized spacial score (nSPS) is 16.5. The molecule has 1 fully saturated rings. The largest absolute Gasteiger partial charge is 0.350 e. The average Bonchev–Trinajstić information content (AvgIpc) is 2.45. The maximum Gasteiger partial charge on any atom is 0.272 e. The molecular formula is C14H19ClFN3O3. The molecule has 22 heavy (non-hydrogen) atoms. The lowest BCUT2D eigenvalue weighted by Gasteiger charge is -2.33. The van der Waals surface area contributed by atoms with Crippen LogP contribution in [0.15, 0.2) is 18.2 Å². The number of benzene rings is 1. The molecule has 0 aliphatic heterocycles. The number of amides is 1. The summed E-state index contributed by atoms with van der Waals surface area (Å²) >= 11 is 0. The Bertz CT molecular complexity index is 562. The molecular weight excluding hydrogens is 313 g/mol. The van der Waals surface area contributed by atoms with E-state index < -0.39 is 22.2 Å². The first-order chi connectivity index (χ1) is 9.91. The van der Waals surface area contributed by atoms with E-state index in [0.717, 1.165) is 50.3 Å². The number of nitrogens with two attached hydrogens (primary N) is 1. The Morgan fingerprint density at radius 1 is 1.36 bits per heavy atom. The molecule has 8 heteroatoms. The third kappa shape index (κ3) is 4.38. The van der Waals surface area contributed by atoms with Gasteiger partial charge >= 0.3 is 0 Å². The van der Waals surface area contributed by atoms with Crippen molar-refractivity contribution >= 4 is 24.0 Å². The maximum absolute atomic E-state index is 13.7. The van der Waals surface area contributed by atoms with E-state index in [0.29, 0.717) is 0 Å². The quantitative estimate of drug-likeness (QED) is 0.654. The van der Waals surface area contributed by atoms with E-state index in [1.807, 2.05) is 0 Å². The first-order valence-corrected chi connectivity index (χ1v) is 6.92. The number of halogens is 2. The number of carbonyl (C=O) groups is 1. The maximum atomic E-state index is 13.7. The lowest BCUT2D eigenvalue weighted by molar-refractivity contribution is -0.385. The minimum Gasteiger partial charge on any atom is -0.350 e. The van der Waals surface area contributed by atoms with Gasteiger partial charge in [-0.15, -0.1) is 12.4 Å². The van der Waals surface area contributed by atoms with Crippen molar-refractivity contribution in [3.05, 3.63) is 39.7 Å². The molecule has 6 nitrogen and oxygen atoms in total. The fraction of sp³-hybridized carbons (Fsp3) is 0.500. The Labute approximate surface area is 133 Å². The van der Waals surface area contributed by atoms with Gasteiger partial charge in [0.05, 0.1) is 16.6 Å². The van der Waals surface area contributed by atoms with E-state index in [9.17, 15) is 19.3 Å². The Morgan fingerprint density at radius 2 is 2.00 bits per heavy atom. The third-order valence-electron chi connectivity index (χ3n) is 3.86. The van der Waals surface area contributed by atoms with Gasteiger partial charge < -0.3 is 11.1 Å². The zero-order valence-corrected chi connectivity index (χ0v) is 12.8. The number of hydrogen-bond acceptors (Lipinski definition) is 4. The molecule has 0 unspecified atom stereocenters. The van der Waals surface area contributed by atoms with Crippen LogP contribution in [0, 0.1) is 15.9 Å². The number of nitro benzene ring substituents is 1. The predicted molar refractivity (Wildman–Crippen MR) is 82.6 cm³/mol. The summed E-state index contributed by atoms with van der Waals surface area (Å²) in [6.45, 7) is 0.280. The Morgan fingerprint density at radius 3 is 2.55 bits per heavy atom. The molecule has 3 N–H and O–H groups in total. The SMILES string of the molecule is Cl.NC1(CNC(=O)c2ccc([N+](=O)[O-])cc2F)CCCCC1. The molecule has 122 valence electrons. The summed E-state index contributed by atoms with van der Waals surface area (Å²) in [5.41, 5.74) is 5.16. The van der Waals surface area contributed by atoms with Crippen molar-refractivity contribution in [2.75, 3.05) is 6.54 Å². The molecule has 2 rings (SSSR count). The predicted octanol–water partition coefficient (Wildman–Crippen LogP) is 2.55. The van der Waals surface area contributed by atoms with Crippen LogP contribution in [-0.4, -0.2) is 22.9 Å². The lowest BCUT2D eigenvalue weighted by Crippen LogP contribution is -2.51. The number of hydrogen-bond donors (Lipinski definition) is 2. The Kier molecular flexibility index (Phi) is 6.25. The van der Waals surface area contributed by atoms with E-state index in [2.05, 4.69) is 5.32 Å². The van der Waals surface area contributed by atoms with Gasteiger partial charge in [0.2, 0.25) is 0 Å². The van der Waals surface area contributed by atoms with Crippen molar-refractivity contribution in [2.45, 2.75) is 37.6 Å². The van der Waals surface area contributed by atoms with E-state index in [4.69, 9.17) is 5.73 Å². The highest BCUT2D eigenvalue weighted by Gasteiger charge is 2.28. The van der Waals surface area contributed by atoms with E-state index in [1.54, 1.807) is 0 Å². The van der Waals surface area contributed by atoms with Gasteiger partial charge in [0.1, 0.15) is 5.82 Å². The van der Waals surface area contributed by atoms with Gasteiger partial charge in [-0.1, -0.05) is 19.3 Å². The van der Waals surface area contributed by atoms with E-state index in [1.165, 1.54) is 0 Å². The molecule has 0 heterocycles. The average molecular weight is 332 g/mol. The number of nitrogens with zero attached hydrogens (tertiary/aromatic N) is 1. The molecule has 1 aliphatic rings. The minimum atomic E-state index is -0.906. The summed E-state index contributed by atoms with van der Waals surface area (Å²) in [5.74, 6) is -1.51. The highest BCUT2D eigenvalue weighted by molar-refractivity contribution is 5.94. The van der Waals surface area contributed by atoms with Crippen molar-refractivity contribution in [3.8, 4) is 0 Å². The van der Waals surface area contributed by atoms with Gasteiger partial charge in [-0.2, -0.15) is 0 Å². The topological polar surface area (TPSA) is 98.3 Å². The summed E-state index contributed by atoms with van der Waals surface area (Å²) in [4.78, 5) is 21.8. The first kappa shape index (κ1) is 18.3. The molecule has 0 saturated heterocycles. The zero-order valence-electron chi connectivity index (χ0n) is 12.0. The van der Waals surface area contributed by atoms with Crippen molar-refractivity contribution in [2.24, 2.45) is 5.73 Å². The molecule has 1 aromatic carbocycles. The molecule has 0 spiro atoms. The highest BCUT2D eigenvalue weighted by atomic mass is 35.5. The van der Waals surface area contributed by atoms with Crippen LogP contribution in [0.2, 0.25) is 0 Å². The van der Waals surface area contributed by atoms with Crippen LogP contribution >= 0.6 is 12.4 Å². The number of rotatable bonds is 4. The van der Waals surface area contributed by atoms with Crippen LogP contribution in [0.1, 0.15) is 42.5 Å². The summed E-state index contributed by atoms with van der Waals surface area (Å²) < 4.78 is 13.7. The van der Waals surface area contributed by atoms with Crippen LogP contribution < -0.4 is 11.1 Å². The number of nitro groups is 1. The summed E-state index contributed by atoms with van der Waals surface area (Å²) in [6.07, 6.45) is 4.85. The van der Waals surface area contributed by atoms with Gasteiger partial charge in [-0.05, 0) is 18.9 Å². The van der Waals surface area contributed by atoms with Crippen LogP contribution in [0.25, 0.3) is 0 Å². The highest BCUT2D eigenvalue weighted by Crippen LogP contribution is 2.25. The molecule has 0 aromatic heterocycles. The van der Waals surface area contributed by atoms with Gasteiger partial charge in [-0.25, -0.2) is 4.39 Å². The zero-order chi connectivity index (χ0) is 15.5. The second-order valence-corrected chi connectivity index (χ2v) is 5.53. The minimum absolute atomic E-state index is 0. The summed E-state index contributed by atoms with van der Waals surface area (Å²) in [7, 11) is 0. The fourth-order valence-corrected chi connectivity index (χ4v) is 2.59. The molecule has 0 radical (unpaired) electrons. The van der Waals surface area contributed by atoms with Gasteiger partial charge in [0, 0.05) is 18.2 Å². The van der Waals surface area contributed by atoms with Gasteiger partial charge in [-0.3, -0.25) is 14.9 Å². The second-order valence-electron chi connectivity index (χ2n) is 5.53. The smallest absolute Gasteiger partial charge is 0.272 e.